The minimum absolute atomic E-state index is 0.556. The molecule has 0 radical (unpaired) electrons. The van der Waals surface area contributed by atoms with Crippen molar-refractivity contribution in [3.63, 3.8) is 0 Å². The Morgan fingerprint density at radius 1 is 0.750 bits per heavy atom. The average Bonchev–Trinajstić information content (AvgIpc) is 3.03. The Balaban J connectivity index is 1.55. The molecule has 0 atom stereocenters. The summed E-state index contributed by atoms with van der Waals surface area (Å²) in [6, 6.07) is 0. The summed E-state index contributed by atoms with van der Waals surface area (Å²) >= 11 is 0. The molecule has 2 heterocycles. The maximum absolute atomic E-state index is 5.54. The molecule has 88 valence electrons. The van der Waals surface area contributed by atoms with E-state index in [1.165, 1.54) is 25.7 Å². The fourth-order valence-electron chi connectivity index (χ4n) is 2.78. The van der Waals surface area contributed by atoms with Gasteiger partial charge in [-0.3, -0.25) is 9.98 Å². The second-order valence-electron chi connectivity index (χ2n) is 4.69. The van der Waals surface area contributed by atoms with E-state index in [0.29, 0.717) is 11.8 Å². The molecule has 0 spiro atoms. The second kappa shape index (κ2) is 4.44. The lowest BCUT2D eigenvalue weighted by molar-refractivity contribution is 0.265. The molecule has 1 fully saturated rings. The lowest BCUT2D eigenvalue weighted by Gasteiger charge is -2.27. The Bertz CT molecular complexity index is 285. The molecule has 0 unspecified atom stereocenters. The predicted molar refractivity (Wildman–Crippen MR) is 62.0 cm³/mol. The van der Waals surface area contributed by atoms with Crippen LogP contribution < -0.4 is 0 Å². The molecule has 0 amide bonds. The molecule has 4 heteroatoms. The minimum atomic E-state index is 0.556. The van der Waals surface area contributed by atoms with Gasteiger partial charge in [-0.1, -0.05) is 0 Å². The SMILES string of the molecule is C1COC(C2CCC(C3=NCCO3)CC2)=N1. The topological polar surface area (TPSA) is 43.2 Å². The molecule has 0 bridgehead atoms. The zero-order chi connectivity index (χ0) is 10.8. The standard InChI is InChI=1S/C12H18N2O2/c1-2-10(12-14-6-8-16-12)4-3-9(1)11-13-5-7-15-11/h9-10H,1-8H2. The highest BCUT2D eigenvalue weighted by Crippen LogP contribution is 2.32. The highest BCUT2D eigenvalue weighted by Gasteiger charge is 2.31. The van der Waals surface area contributed by atoms with Gasteiger partial charge in [-0.25, -0.2) is 0 Å². The molecular weight excluding hydrogens is 204 g/mol. The number of ether oxygens (including phenoxy) is 2. The number of hydrogen-bond acceptors (Lipinski definition) is 4. The lowest BCUT2D eigenvalue weighted by Crippen LogP contribution is -2.26. The Kier molecular flexibility index (Phi) is 2.80. The molecule has 0 aromatic carbocycles. The van der Waals surface area contributed by atoms with Gasteiger partial charge in [0.25, 0.3) is 0 Å². The van der Waals surface area contributed by atoms with Crippen molar-refractivity contribution in [2.45, 2.75) is 25.7 Å². The smallest absolute Gasteiger partial charge is 0.186 e. The summed E-state index contributed by atoms with van der Waals surface area (Å²) in [5, 5.41) is 0. The van der Waals surface area contributed by atoms with Crippen molar-refractivity contribution in [3.8, 4) is 0 Å². The Morgan fingerprint density at radius 3 is 1.50 bits per heavy atom. The van der Waals surface area contributed by atoms with Crippen LogP contribution in [0.3, 0.4) is 0 Å². The van der Waals surface area contributed by atoms with Crippen LogP contribution in [0, 0.1) is 11.8 Å². The van der Waals surface area contributed by atoms with Crippen LogP contribution >= 0.6 is 0 Å². The van der Waals surface area contributed by atoms with E-state index in [0.717, 1.165) is 38.1 Å². The van der Waals surface area contributed by atoms with Crippen LogP contribution in [0.1, 0.15) is 25.7 Å². The van der Waals surface area contributed by atoms with E-state index in [1.807, 2.05) is 0 Å². The molecule has 0 saturated heterocycles. The third kappa shape index (κ3) is 1.93. The zero-order valence-electron chi connectivity index (χ0n) is 9.52. The summed E-state index contributed by atoms with van der Waals surface area (Å²) in [7, 11) is 0. The third-order valence-corrected chi connectivity index (χ3v) is 3.64. The molecule has 3 rings (SSSR count). The summed E-state index contributed by atoms with van der Waals surface area (Å²) in [5.41, 5.74) is 0. The largest absolute Gasteiger partial charge is 0.479 e. The van der Waals surface area contributed by atoms with Gasteiger partial charge in [0.15, 0.2) is 11.8 Å². The van der Waals surface area contributed by atoms with E-state index in [-0.39, 0.29) is 0 Å². The van der Waals surface area contributed by atoms with Crippen LogP contribution in [-0.4, -0.2) is 38.1 Å². The second-order valence-corrected chi connectivity index (χ2v) is 4.69. The fraction of sp³-hybridized carbons (Fsp3) is 0.833. The first-order valence-corrected chi connectivity index (χ1v) is 6.28. The summed E-state index contributed by atoms with van der Waals surface area (Å²) in [5.74, 6) is 3.13. The van der Waals surface area contributed by atoms with Crippen LogP contribution in [0.15, 0.2) is 9.98 Å². The maximum Gasteiger partial charge on any atom is 0.186 e. The highest BCUT2D eigenvalue weighted by molar-refractivity contribution is 5.82. The van der Waals surface area contributed by atoms with Crippen molar-refractivity contribution in [1.82, 2.24) is 0 Å². The molecule has 2 aliphatic heterocycles. The van der Waals surface area contributed by atoms with Crippen molar-refractivity contribution in [2.24, 2.45) is 21.8 Å². The summed E-state index contributed by atoms with van der Waals surface area (Å²) < 4.78 is 11.1. The summed E-state index contributed by atoms with van der Waals surface area (Å²) in [6.45, 7) is 3.27. The fourth-order valence-corrected chi connectivity index (χ4v) is 2.78. The maximum atomic E-state index is 5.54. The van der Waals surface area contributed by atoms with Crippen molar-refractivity contribution in [1.29, 1.82) is 0 Å². The first-order valence-electron chi connectivity index (χ1n) is 6.28. The van der Waals surface area contributed by atoms with E-state index in [2.05, 4.69) is 9.98 Å². The van der Waals surface area contributed by atoms with Crippen molar-refractivity contribution < 1.29 is 9.47 Å². The molecule has 16 heavy (non-hydrogen) atoms. The quantitative estimate of drug-likeness (QED) is 0.713. The van der Waals surface area contributed by atoms with Crippen LogP contribution in [0.25, 0.3) is 0 Å². The van der Waals surface area contributed by atoms with E-state index in [9.17, 15) is 0 Å². The normalized spacial score (nSPS) is 34.0. The molecular formula is C12H18N2O2. The number of rotatable bonds is 2. The number of nitrogens with zero attached hydrogens (tertiary/aromatic N) is 2. The molecule has 1 aliphatic carbocycles. The monoisotopic (exact) mass is 222 g/mol. The Morgan fingerprint density at radius 2 is 1.19 bits per heavy atom. The minimum Gasteiger partial charge on any atom is -0.479 e. The first-order chi connectivity index (χ1) is 7.93. The van der Waals surface area contributed by atoms with Gasteiger partial charge in [-0.05, 0) is 25.7 Å². The van der Waals surface area contributed by atoms with Gasteiger partial charge in [0, 0.05) is 11.8 Å². The van der Waals surface area contributed by atoms with Crippen LogP contribution in [0.2, 0.25) is 0 Å². The highest BCUT2D eigenvalue weighted by atomic mass is 16.5. The first kappa shape index (κ1) is 10.1. The van der Waals surface area contributed by atoms with Gasteiger partial charge in [0.2, 0.25) is 0 Å². The Hall–Kier alpha value is -1.06. The molecule has 1 saturated carbocycles. The van der Waals surface area contributed by atoms with Gasteiger partial charge in [-0.2, -0.15) is 0 Å². The average molecular weight is 222 g/mol. The van der Waals surface area contributed by atoms with E-state index < -0.39 is 0 Å². The van der Waals surface area contributed by atoms with Crippen molar-refractivity contribution in [2.75, 3.05) is 26.3 Å². The number of aliphatic imine (C=N–C) groups is 2. The van der Waals surface area contributed by atoms with Gasteiger partial charge in [-0.15, -0.1) is 0 Å². The summed E-state index contributed by atoms with van der Waals surface area (Å²) in [6.07, 6.45) is 4.69. The Labute approximate surface area is 95.8 Å². The van der Waals surface area contributed by atoms with Crippen LogP contribution in [-0.2, 0) is 9.47 Å². The predicted octanol–water partition coefficient (Wildman–Crippen LogP) is 1.65. The molecule has 3 aliphatic rings. The third-order valence-electron chi connectivity index (χ3n) is 3.64. The summed E-state index contributed by atoms with van der Waals surface area (Å²) in [4.78, 5) is 8.83. The van der Waals surface area contributed by atoms with Crippen LogP contribution in [0.5, 0.6) is 0 Å². The van der Waals surface area contributed by atoms with Gasteiger partial charge in [0.1, 0.15) is 13.2 Å². The van der Waals surface area contributed by atoms with Crippen molar-refractivity contribution >= 4 is 11.8 Å². The molecule has 0 N–H and O–H groups in total. The lowest BCUT2D eigenvalue weighted by atomic mass is 9.81. The van der Waals surface area contributed by atoms with E-state index in [1.54, 1.807) is 0 Å². The van der Waals surface area contributed by atoms with Gasteiger partial charge < -0.3 is 9.47 Å². The molecule has 0 aromatic heterocycles. The molecule has 0 aromatic rings. The van der Waals surface area contributed by atoms with Gasteiger partial charge in [0.05, 0.1) is 13.1 Å². The zero-order valence-corrected chi connectivity index (χ0v) is 9.52. The number of hydrogen-bond donors (Lipinski definition) is 0. The van der Waals surface area contributed by atoms with E-state index >= 15 is 0 Å². The van der Waals surface area contributed by atoms with Crippen molar-refractivity contribution in [3.05, 3.63) is 0 Å². The van der Waals surface area contributed by atoms with Crippen LogP contribution in [0.4, 0.5) is 0 Å². The van der Waals surface area contributed by atoms with Gasteiger partial charge >= 0.3 is 0 Å². The molecule has 4 nitrogen and oxygen atoms in total. The van der Waals surface area contributed by atoms with E-state index in [4.69, 9.17) is 9.47 Å².